The summed E-state index contributed by atoms with van der Waals surface area (Å²) in [4.78, 5) is 16.2. The molecule has 1 atom stereocenters. The molecule has 6 heteroatoms. The van der Waals surface area contributed by atoms with Crippen molar-refractivity contribution >= 4 is 21.5 Å². The second kappa shape index (κ2) is 4.58. The molecule has 1 spiro atoms. The molecule has 3 rings (SSSR count). The van der Waals surface area contributed by atoms with E-state index in [9.17, 15) is 13.2 Å². The van der Waals surface area contributed by atoms with E-state index in [1.54, 1.807) is 0 Å². The molecule has 3 fully saturated rings. The van der Waals surface area contributed by atoms with Gasteiger partial charge in [-0.3, -0.25) is 9.79 Å². The maximum atomic E-state index is 11.6. The average Bonchev–Trinajstić information content (AvgIpc) is 2.82. The van der Waals surface area contributed by atoms with Crippen LogP contribution in [0.3, 0.4) is 0 Å². The van der Waals surface area contributed by atoms with Crippen molar-refractivity contribution in [3.05, 3.63) is 0 Å². The van der Waals surface area contributed by atoms with Crippen LogP contribution >= 0.6 is 0 Å². The first-order valence-corrected chi connectivity index (χ1v) is 8.81. The quantitative estimate of drug-likeness (QED) is 0.680. The highest BCUT2D eigenvalue weighted by Gasteiger charge is 2.47. The Hall–Kier alpha value is -0.910. The third-order valence-electron chi connectivity index (χ3n) is 4.35. The van der Waals surface area contributed by atoms with E-state index in [2.05, 4.69) is 4.99 Å². The summed E-state index contributed by atoms with van der Waals surface area (Å²) in [5, 5.41) is 0. The summed E-state index contributed by atoms with van der Waals surface area (Å²) in [6.45, 7) is 0. The van der Waals surface area contributed by atoms with Crippen LogP contribution in [0.2, 0.25) is 0 Å². The number of aliphatic imine (C=N–C) groups is 1. The minimum Gasteiger partial charge on any atom is -0.453 e. The van der Waals surface area contributed by atoms with Crippen LogP contribution in [0.4, 0.5) is 0 Å². The summed E-state index contributed by atoms with van der Waals surface area (Å²) in [6.07, 6.45) is 5.79. The second-order valence-electron chi connectivity index (χ2n) is 5.84. The van der Waals surface area contributed by atoms with Crippen LogP contribution in [0.5, 0.6) is 0 Å². The lowest BCUT2D eigenvalue weighted by molar-refractivity contribution is -0.148. The number of ether oxygens (including phenoxy) is 1. The SMILES string of the molecule is O=C1CC(=N[C@@H]2CCS(=O)(=O)C2)C2(CCCCC2)O1. The van der Waals surface area contributed by atoms with E-state index in [1.807, 2.05) is 0 Å². The van der Waals surface area contributed by atoms with Crippen molar-refractivity contribution in [1.29, 1.82) is 0 Å². The molecule has 0 amide bonds. The minimum absolute atomic E-state index is 0.126. The fourth-order valence-corrected chi connectivity index (χ4v) is 5.01. The van der Waals surface area contributed by atoms with Gasteiger partial charge in [-0.25, -0.2) is 8.42 Å². The predicted octanol–water partition coefficient (Wildman–Crippen LogP) is 1.26. The highest BCUT2D eigenvalue weighted by atomic mass is 32.2. The van der Waals surface area contributed by atoms with Gasteiger partial charge < -0.3 is 4.74 Å². The zero-order chi connectivity index (χ0) is 13.5. The van der Waals surface area contributed by atoms with Gasteiger partial charge in [-0.1, -0.05) is 6.42 Å². The van der Waals surface area contributed by atoms with Crippen molar-refractivity contribution < 1.29 is 17.9 Å². The summed E-state index contributed by atoms with van der Waals surface area (Å²) in [5.74, 6) is 0.137. The molecule has 0 bridgehead atoms. The van der Waals surface area contributed by atoms with Gasteiger partial charge in [-0.05, 0) is 32.1 Å². The molecular formula is C13H19NO4S. The molecule has 0 aromatic rings. The van der Waals surface area contributed by atoms with E-state index in [-0.39, 0.29) is 29.9 Å². The number of nitrogens with zero attached hydrogens (tertiary/aromatic N) is 1. The van der Waals surface area contributed by atoms with Crippen LogP contribution in [0.25, 0.3) is 0 Å². The van der Waals surface area contributed by atoms with Crippen molar-refractivity contribution in [1.82, 2.24) is 0 Å². The van der Waals surface area contributed by atoms with Gasteiger partial charge in [0, 0.05) is 0 Å². The Labute approximate surface area is 113 Å². The smallest absolute Gasteiger partial charge is 0.312 e. The monoisotopic (exact) mass is 285 g/mol. The number of sulfone groups is 1. The molecule has 5 nitrogen and oxygen atoms in total. The van der Waals surface area contributed by atoms with Gasteiger partial charge in [0.25, 0.3) is 0 Å². The van der Waals surface area contributed by atoms with Gasteiger partial charge in [-0.2, -0.15) is 0 Å². The van der Waals surface area contributed by atoms with E-state index in [4.69, 9.17) is 4.74 Å². The van der Waals surface area contributed by atoms with E-state index < -0.39 is 15.4 Å². The minimum atomic E-state index is -2.93. The fourth-order valence-electron chi connectivity index (χ4n) is 3.39. The molecule has 2 saturated heterocycles. The molecule has 106 valence electrons. The molecule has 0 radical (unpaired) electrons. The fraction of sp³-hybridized carbons (Fsp3) is 0.846. The van der Waals surface area contributed by atoms with Crippen LogP contribution < -0.4 is 0 Å². The summed E-state index contributed by atoms with van der Waals surface area (Å²) < 4.78 is 28.5. The highest BCUT2D eigenvalue weighted by Crippen LogP contribution is 2.38. The summed E-state index contributed by atoms with van der Waals surface area (Å²) in [6, 6.07) is -0.173. The number of esters is 1. The lowest BCUT2D eigenvalue weighted by Gasteiger charge is -2.32. The topological polar surface area (TPSA) is 72.8 Å². The Morgan fingerprint density at radius 3 is 2.58 bits per heavy atom. The van der Waals surface area contributed by atoms with Gasteiger partial charge in [0.05, 0.1) is 29.7 Å². The Morgan fingerprint density at radius 1 is 1.21 bits per heavy atom. The van der Waals surface area contributed by atoms with Gasteiger partial charge in [-0.15, -0.1) is 0 Å². The second-order valence-corrected chi connectivity index (χ2v) is 8.07. The van der Waals surface area contributed by atoms with Crippen LogP contribution in [-0.4, -0.2) is 43.2 Å². The number of carbonyl (C=O) groups excluding carboxylic acids is 1. The Balaban J connectivity index is 1.83. The van der Waals surface area contributed by atoms with E-state index >= 15 is 0 Å². The van der Waals surface area contributed by atoms with Crippen LogP contribution in [0.15, 0.2) is 4.99 Å². The molecule has 2 heterocycles. The number of rotatable bonds is 1. The van der Waals surface area contributed by atoms with Crippen molar-refractivity contribution in [2.75, 3.05) is 11.5 Å². The molecule has 0 aromatic heterocycles. The number of carbonyl (C=O) groups is 1. The first kappa shape index (κ1) is 13.1. The third kappa shape index (κ3) is 2.55. The first-order valence-electron chi connectivity index (χ1n) is 6.99. The van der Waals surface area contributed by atoms with Crippen molar-refractivity contribution in [2.45, 2.75) is 56.6 Å². The van der Waals surface area contributed by atoms with Crippen molar-refractivity contribution in [3.63, 3.8) is 0 Å². The number of hydrogen-bond donors (Lipinski definition) is 0. The maximum absolute atomic E-state index is 11.6. The first-order chi connectivity index (χ1) is 8.99. The standard InChI is InChI=1S/C13H19NO4S/c15-12-8-11(13(18-12)5-2-1-3-6-13)14-10-4-7-19(16,17)9-10/h10H,1-9H2/t10-/m1/s1. The summed E-state index contributed by atoms with van der Waals surface area (Å²) >= 11 is 0. The van der Waals surface area contributed by atoms with Crippen LogP contribution in [0, 0.1) is 0 Å². The van der Waals surface area contributed by atoms with Crippen LogP contribution in [0.1, 0.15) is 44.9 Å². The predicted molar refractivity (Wildman–Crippen MR) is 71.0 cm³/mol. The molecule has 0 aromatic carbocycles. The molecule has 19 heavy (non-hydrogen) atoms. The molecule has 0 N–H and O–H groups in total. The van der Waals surface area contributed by atoms with Gasteiger partial charge >= 0.3 is 5.97 Å². The Kier molecular flexibility index (Phi) is 3.15. The molecule has 1 saturated carbocycles. The summed E-state index contributed by atoms with van der Waals surface area (Å²) in [5.41, 5.74) is 0.307. The Bertz CT molecular complexity index is 517. The lowest BCUT2D eigenvalue weighted by atomic mass is 9.81. The van der Waals surface area contributed by atoms with E-state index in [0.717, 1.165) is 31.4 Å². The van der Waals surface area contributed by atoms with Crippen molar-refractivity contribution in [2.24, 2.45) is 4.99 Å². The van der Waals surface area contributed by atoms with E-state index in [1.165, 1.54) is 6.42 Å². The largest absolute Gasteiger partial charge is 0.453 e. The van der Waals surface area contributed by atoms with Gasteiger partial charge in [0.1, 0.15) is 0 Å². The third-order valence-corrected chi connectivity index (χ3v) is 6.11. The highest BCUT2D eigenvalue weighted by molar-refractivity contribution is 7.91. The number of hydrogen-bond acceptors (Lipinski definition) is 5. The average molecular weight is 285 g/mol. The van der Waals surface area contributed by atoms with Crippen molar-refractivity contribution in [3.8, 4) is 0 Å². The zero-order valence-electron chi connectivity index (χ0n) is 10.9. The van der Waals surface area contributed by atoms with Gasteiger partial charge in [0.15, 0.2) is 15.4 Å². The molecule has 1 aliphatic carbocycles. The molecule has 3 aliphatic rings. The maximum Gasteiger partial charge on any atom is 0.312 e. The molecule has 2 aliphatic heterocycles. The lowest BCUT2D eigenvalue weighted by Crippen LogP contribution is -2.39. The van der Waals surface area contributed by atoms with Gasteiger partial charge in [0.2, 0.25) is 0 Å². The van der Waals surface area contributed by atoms with Crippen LogP contribution in [-0.2, 0) is 19.4 Å². The summed E-state index contributed by atoms with van der Waals surface area (Å²) in [7, 11) is -2.93. The molecule has 0 unspecified atom stereocenters. The zero-order valence-corrected chi connectivity index (χ0v) is 11.7. The molecular weight excluding hydrogens is 266 g/mol. The van der Waals surface area contributed by atoms with E-state index in [0.29, 0.717) is 6.42 Å². The normalized spacial score (nSPS) is 34.8. The Morgan fingerprint density at radius 2 is 1.95 bits per heavy atom.